The maximum absolute atomic E-state index is 9.47. The van der Waals surface area contributed by atoms with E-state index in [1.54, 1.807) is 13.8 Å². The largest absolute Gasteiger partial charge is 0.390 e. The Morgan fingerprint density at radius 1 is 1.50 bits per heavy atom. The fourth-order valence-electron chi connectivity index (χ4n) is 0.744. The molecule has 0 fully saturated rings. The molecule has 2 heteroatoms. The highest BCUT2D eigenvalue weighted by atomic mass is 16.3. The van der Waals surface area contributed by atoms with Crippen LogP contribution in [-0.4, -0.2) is 21.9 Å². The number of hydrogen-bond acceptors (Lipinski definition) is 2. The Morgan fingerprint density at radius 3 is 2.30 bits per heavy atom. The second kappa shape index (κ2) is 3.94. The molecule has 0 aromatic carbocycles. The van der Waals surface area contributed by atoms with Gasteiger partial charge in [0, 0.05) is 0 Å². The molecule has 2 atom stereocenters. The fourth-order valence-corrected chi connectivity index (χ4v) is 0.744. The molecular formula is C8H18O2. The zero-order valence-corrected chi connectivity index (χ0v) is 7.09. The number of rotatable bonds is 4. The van der Waals surface area contributed by atoms with Crippen molar-refractivity contribution in [3.05, 3.63) is 0 Å². The molecule has 2 N–H and O–H groups in total. The maximum atomic E-state index is 9.47. The van der Waals surface area contributed by atoms with Gasteiger partial charge in [-0.2, -0.15) is 0 Å². The minimum Gasteiger partial charge on any atom is -0.390 e. The summed E-state index contributed by atoms with van der Waals surface area (Å²) in [5.74, 6) is 0. The van der Waals surface area contributed by atoms with Crippen molar-refractivity contribution < 1.29 is 10.2 Å². The number of hydrogen-bond donors (Lipinski definition) is 2. The van der Waals surface area contributed by atoms with Gasteiger partial charge in [0.25, 0.3) is 0 Å². The average molecular weight is 146 g/mol. The van der Waals surface area contributed by atoms with Crippen LogP contribution in [0.15, 0.2) is 0 Å². The van der Waals surface area contributed by atoms with Crippen LogP contribution in [0.5, 0.6) is 0 Å². The standard InChI is InChI=1S/C8H18O2/c1-4-5-6-8(3,10)7(2)9/h7,9-10H,4-6H2,1-3H3. The third-order valence-electron chi connectivity index (χ3n) is 1.94. The van der Waals surface area contributed by atoms with Gasteiger partial charge in [-0.05, 0) is 20.3 Å². The molecule has 0 saturated heterocycles. The highest BCUT2D eigenvalue weighted by molar-refractivity contribution is 4.77. The molecule has 0 aliphatic heterocycles. The Morgan fingerprint density at radius 2 is 2.00 bits per heavy atom. The van der Waals surface area contributed by atoms with Crippen molar-refractivity contribution in [1.29, 1.82) is 0 Å². The van der Waals surface area contributed by atoms with E-state index >= 15 is 0 Å². The monoisotopic (exact) mass is 146 g/mol. The lowest BCUT2D eigenvalue weighted by atomic mass is 9.94. The van der Waals surface area contributed by atoms with Gasteiger partial charge in [-0.25, -0.2) is 0 Å². The zero-order chi connectivity index (χ0) is 8.20. The van der Waals surface area contributed by atoms with Crippen molar-refractivity contribution in [2.24, 2.45) is 0 Å². The van der Waals surface area contributed by atoms with E-state index in [9.17, 15) is 5.11 Å². The first-order chi connectivity index (χ1) is 4.50. The molecule has 0 radical (unpaired) electrons. The number of unbranched alkanes of at least 4 members (excludes halogenated alkanes) is 1. The van der Waals surface area contributed by atoms with Gasteiger partial charge in [0.2, 0.25) is 0 Å². The van der Waals surface area contributed by atoms with Crippen LogP contribution in [-0.2, 0) is 0 Å². The van der Waals surface area contributed by atoms with Crippen molar-refractivity contribution in [2.75, 3.05) is 0 Å². The lowest BCUT2D eigenvalue weighted by Gasteiger charge is -2.25. The summed E-state index contributed by atoms with van der Waals surface area (Å²) in [6.45, 7) is 5.36. The molecule has 0 saturated carbocycles. The predicted octanol–water partition coefficient (Wildman–Crippen LogP) is 1.31. The van der Waals surface area contributed by atoms with Gasteiger partial charge < -0.3 is 10.2 Å². The molecule has 0 bridgehead atoms. The molecule has 0 amide bonds. The highest BCUT2D eigenvalue weighted by Crippen LogP contribution is 2.17. The summed E-state index contributed by atoms with van der Waals surface area (Å²) in [4.78, 5) is 0. The summed E-state index contributed by atoms with van der Waals surface area (Å²) in [6, 6.07) is 0. The Hall–Kier alpha value is -0.0800. The van der Waals surface area contributed by atoms with Crippen LogP contribution in [0.2, 0.25) is 0 Å². The van der Waals surface area contributed by atoms with Crippen molar-refractivity contribution in [3.8, 4) is 0 Å². The maximum Gasteiger partial charge on any atom is 0.0874 e. The molecular weight excluding hydrogens is 128 g/mol. The minimum absolute atomic E-state index is 0.626. The SMILES string of the molecule is CCCCC(C)(O)C(C)O. The summed E-state index contributed by atoms with van der Waals surface area (Å²) in [7, 11) is 0. The molecule has 0 aromatic rings. The summed E-state index contributed by atoms with van der Waals surface area (Å²) in [6.07, 6.45) is 2.08. The lowest BCUT2D eigenvalue weighted by Crippen LogP contribution is -2.36. The molecule has 0 aromatic heterocycles. The lowest BCUT2D eigenvalue weighted by molar-refractivity contribution is -0.0585. The second-order valence-electron chi connectivity index (χ2n) is 3.14. The van der Waals surface area contributed by atoms with E-state index < -0.39 is 11.7 Å². The first-order valence-electron chi connectivity index (χ1n) is 3.91. The van der Waals surface area contributed by atoms with Crippen LogP contribution in [0, 0.1) is 0 Å². The van der Waals surface area contributed by atoms with Crippen LogP contribution in [0.4, 0.5) is 0 Å². The van der Waals surface area contributed by atoms with Gasteiger partial charge in [0.15, 0.2) is 0 Å². The van der Waals surface area contributed by atoms with Crippen LogP contribution in [0.25, 0.3) is 0 Å². The Kier molecular flexibility index (Phi) is 3.91. The highest BCUT2D eigenvalue weighted by Gasteiger charge is 2.25. The van der Waals surface area contributed by atoms with Crippen molar-refractivity contribution >= 4 is 0 Å². The second-order valence-corrected chi connectivity index (χ2v) is 3.14. The van der Waals surface area contributed by atoms with Gasteiger partial charge in [0.1, 0.15) is 0 Å². The van der Waals surface area contributed by atoms with Gasteiger partial charge in [-0.1, -0.05) is 19.8 Å². The Labute approximate surface area is 62.9 Å². The van der Waals surface area contributed by atoms with E-state index in [0.717, 1.165) is 12.8 Å². The molecule has 62 valence electrons. The zero-order valence-electron chi connectivity index (χ0n) is 7.09. The van der Waals surface area contributed by atoms with E-state index in [2.05, 4.69) is 6.92 Å². The van der Waals surface area contributed by atoms with Gasteiger partial charge >= 0.3 is 0 Å². The minimum atomic E-state index is -0.893. The Balaban J connectivity index is 3.63. The summed E-state index contributed by atoms with van der Waals surface area (Å²) in [5.41, 5.74) is -0.893. The normalized spacial score (nSPS) is 20.1. The van der Waals surface area contributed by atoms with E-state index in [-0.39, 0.29) is 0 Å². The molecule has 0 rings (SSSR count). The van der Waals surface area contributed by atoms with Gasteiger partial charge in [-0.15, -0.1) is 0 Å². The molecule has 0 aliphatic carbocycles. The third-order valence-corrected chi connectivity index (χ3v) is 1.94. The predicted molar refractivity (Wildman–Crippen MR) is 41.8 cm³/mol. The summed E-state index contributed by atoms with van der Waals surface area (Å²) < 4.78 is 0. The summed E-state index contributed by atoms with van der Waals surface area (Å²) in [5, 5.41) is 18.5. The van der Waals surface area contributed by atoms with E-state index in [1.807, 2.05) is 0 Å². The first kappa shape index (κ1) is 9.92. The third kappa shape index (κ3) is 3.18. The van der Waals surface area contributed by atoms with Crippen LogP contribution < -0.4 is 0 Å². The van der Waals surface area contributed by atoms with Crippen LogP contribution >= 0.6 is 0 Å². The quantitative estimate of drug-likeness (QED) is 0.627. The molecule has 0 spiro atoms. The van der Waals surface area contributed by atoms with Crippen LogP contribution in [0.1, 0.15) is 40.0 Å². The van der Waals surface area contributed by atoms with E-state index in [1.165, 1.54) is 0 Å². The fraction of sp³-hybridized carbons (Fsp3) is 1.00. The van der Waals surface area contributed by atoms with Gasteiger partial charge in [0.05, 0.1) is 11.7 Å². The molecule has 2 unspecified atom stereocenters. The van der Waals surface area contributed by atoms with E-state index in [0.29, 0.717) is 6.42 Å². The van der Waals surface area contributed by atoms with E-state index in [4.69, 9.17) is 5.11 Å². The van der Waals surface area contributed by atoms with Crippen molar-refractivity contribution in [2.45, 2.75) is 51.7 Å². The number of aliphatic hydroxyl groups is 2. The molecule has 2 nitrogen and oxygen atoms in total. The summed E-state index contributed by atoms with van der Waals surface area (Å²) >= 11 is 0. The first-order valence-corrected chi connectivity index (χ1v) is 3.91. The number of aliphatic hydroxyl groups excluding tert-OH is 1. The topological polar surface area (TPSA) is 40.5 Å². The van der Waals surface area contributed by atoms with Crippen LogP contribution in [0.3, 0.4) is 0 Å². The van der Waals surface area contributed by atoms with Gasteiger partial charge in [-0.3, -0.25) is 0 Å². The average Bonchev–Trinajstić information content (AvgIpc) is 1.84. The Bertz CT molecular complexity index is 87.3. The molecule has 0 aliphatic rings. The van der Waals surface area contributed by atoms with Crippen molar-refractivity contribution in [3.63, 3.8) is 0 Å². The molecule has 10 heavy (non-hydrogen) atoms. The van der Waals surface area contributed by atoms with Crippen molar-refractivity contribution in [1.82, 2.24) is 0 Å². The smallest absolute Gasteiger partial charge is 0.0874 e. The molecule has 0 heterocycles.